The third kappa shape index (κ3) is 4.90. The summed E-state index contributed by atoms with van der Waals surface area (Å²) < 4.78 is 24.6. The Morgan fingerprint density at radius 2 is 1.74 bits per heavy atom. The first-order valence-electron chi connectivity index (χ1n) is 9.23. The van der Waals surface area contributed by atoms with E-state index in [0.29, 0.717) is 17.2 Å². The first-order chi connectivity index (χ1) is 13.1. The number of rotatable bonds is 6. The van der Waals surface area contributed by atoms with Crippen LogP contribution in [0, 0.1) is 5.82 Å². The molecule has 0 aromatic heterocycles. The Kier molecular flexibility index (Phi) is 6.16. The van der Waals surface area contributed by atoms with Crippen LogP contribution >= 0.6 is 0 Å². The molecule has 5 nitrogen and oxygen atoms in total. The fourth-order valence-electron chi connectivity index (χ4n) is 3.17. The van der Waals surface area contributed by atoms with Gasteiger partial charge in [-0.05, 0) is 68.7 Å². The number of nitrogens with zero attached hydrogens (tertiary/aromatic N) is 1. The second kappa shape index (κ2) is 8.75. The number of carbonyl (C=O) groups excluding carboxylic acids is 1. The SMILES string of the molecule is COc1ccc(OC(C)C(=O)Nc2cc(F)ccc2N2CCCCC2)cc1. The number of amides is 1. The van der Waals surface area contributed by atoms with Crippen molar-refractivity contribution in [2.24, 2.45) is 0 Å². The lowest BCUT2D eigenvalue weighted by molar-refractivity contribution is -0.122. The molecule has 0 bridgehead atoms. The summed E-state index contributed by atoms with van der Waals surface area (Å²) in [7, 11) is 1.59. The van der Waals surface area contributed by atoms with Crippen LogP contribution in [0.15, 0.2) is 42.5 Å². The maximum Gasteiger partial charge on any atom is 0.265 e. The maximum atomic E-state index is 13.8. The molecule has 1 unspecified atom stereocenters. The zero-order chi connectivity index (χ0) is 19.2. The van der Waals surface area contributed by atoms with Gasteiger partial charge in [-0.1, -0.05) is 0 Å². The van der Waals surface area contributed by atoms with E-state index in [1.54, 1.807) is 44.4 Å². The second-order valence-electron chi connectivity index (χ2n) is 6.63. The van der Waals surface area contributed by atoms with E-state index in [1.807, 2.05) is 0 Å². The quantitative estimate of drug-likeness (QED) is 0.824. The summed E-state index contributed by atoms with van der Waals surface area (Å²) in [5.41, 5.74) is 1.33. The Balaban J connectivity index is 1.69. The van der Waals surface area contributed by atoms with Gasteiger partial charge in [-0.2, -0.15) is 0 Å². The van der Waals surface area contributed by atoms with Crippen LogP contribution in [0.4, 0.5) is 15.8 Å². The minimum absolute atomic E-state index is 0.324. The Labute approximate surface area is 159 Å². The average molecular weight is 372 g/mol. The van der Waals surface area contributed by atoms with Crippen LogP contribution in [0.3, 0.4) is 0 Å². The zero-order valence-corrected chi connectivity index (χ0v) is 15.7. The molecule has 2 aromatic carbocycles. The molecule has 1 amide bonds. The number of anilines is 2. The molecular formula is C21H25FN2O3. The molecule has 3 rings (SSSR count). The molecule has 1 fully saturated rings. The highest BCUT2D eigenvalue weighted by Crippen LogP contribution is 2.29. The molecule has 144 valence electrons. The van der Waals surface area contributed by atoms with Crippen molar-refractivity contribution in [3.63, 3.8) is 0 Å². The summed E-state index contributed by atoms with van der Waals surface area (Å²) in [4.78, 5) is 14.8. The van der Waals surface area contributed by atoms with Crippen LogP contribution in [0.25, 0.3) is 0 Å². The van der Waals surface area contributed by atoms with Crippen molar-refractivity contribution in [1.82, 2.24) is 0 Å². The van der Waals surface area contributed by atoms with Gasteiger partial charge in [-0.3, -0.25) is 4.79 Å². The van der Waals surface area contributed by atoms with Gasteiger partial charge in [0.05, 0.1) is 18.5 Å². The highest BCUT2D eigenvalue weighted by Gasteiger charge is 2.20. The molecule has 1 atom stereocenters. The molecule has 1 heterocycles. The lowest BCUT2D eigenvalue weighted by Gasteiger charge is -2.30. The minimum atomic E-state index is -0.726. The van der Waals surface area contributed by atoms with Gasteiger partial charge >= 0.3 is 0 Å². The Hall–Kier alpha value is -2.76. The molecule has 0 spiro atoms. The van der Waals surface area contributed by atoms with E-state index in [9.17, 15) is 9.18 Å². The van der Waals surface area contributed by atoms with Gasteiger partial charge in [0.1, 0.15) is 17.3 Å². The van der Waals surface area contributed by atoms with Gasteiger partial charge in [0.25, 0.3) is 5.91 Å². The molecule has 2 aromatic rings. The lowest BCUT2D eigenvalue weighted by atomic mass is 10.1. The number of nitrogens with one attached hydrogen (secondary N) is 1. The van der Waals surface area contributed by atoms with Gasteiger partial charge in [0.2, 0.25) is 0 Å². The van der Waals surface area contributed by atoms with Gasteiger partial charge in [-0.15, -0.1) is 0 Å². The Morgan fingerprint density at radius 3 is 2.41 bits per heavy atom. The molecule has 0 aliphatic carbocycles. The normalized spacial score (nSPS) is 15.1. The molecule has 1 aliphatic rings. The molecule has 0 radical (unpaired) electrons. The number of benzene rings is 2. The molecule has 27 heavy (non-hydrogen) atoms. The second-order valence-corrected chi connectivity index (χ2v) is 6.63. The monoisotopic (exact) mass is 372 g/mol. The van der Waals surface area contributed by atoms with E-state index in [2.05, 4.69) is 10.2 Å². The highest BCUT2D eigenvalue weighted by atomic mass is 19.1. The van der Waals surface area contributed by atoms with E-state index in [0.717, 1.165) is 31.6 Å². The number of hydrogen-bond acceptors (Lipinski definition) is 4. The predicted molar refractivity (Wildman–Crippen MR) is 104 cm³/mol. The van der Waals surface area contributed by atoms with Crippen molar-refractivity contribution in [1.29, 1.82) is 0 Å². The van der Waals surface area contributed by atoms with E-state index in [4.69, 9.17) is 9.47 Å². The summed E-state index contributed by atoms with van der Waals surface area (Å²) in [6.45, 7) is 3.48. The number of methoxy groups -OCH3 is 1. The van der Waals surface area contributed by atoms with Crippen LogP contribution in [0.1, 0.15) is 26.2 Å². The first-order valence-corrected chi connectivity index (χ1v) is 9.23. The van der Waals surface area contributed by atoms with Crippen molar-refractivity contribution in [3.05, 3.63) is 48.3 Å². The highest BCUT2D eigenvalue weighted by molar-refractivity contribution is 5.97. The largest absolute Gasteiger partial charge is 0.497 e. The van der Waals surface area contributed by atoms with Crippen LogP contribution < -0.4 is 19.7 Å². The average Bonchev–Trinajstić information content (AvgIpc) is 2.69. The van der Waals surface area contributed by atoms with Crippen molar-refractivity contribution >= 4 is 17.3 Å². The minimum Gasteiger partial charge on any atom is -0.497 e. The van der Waals surface area contributed by atoms with Crippen LogP contribution in [-0.2, 0) is 4.79 Å². The van der Waals surface area contributed by atoms with Crippen molar-refractivity contribution in [2.45, 2.75) is 32.3 Å². The maximum absolute atomic E-state index is 13.8. The number of halogens is 1. The number of hydrogen-bond donors (Lipinski definition) is 1. The Morgan fingerprint density at radius 1 is 1.07 bits per heavy atom. The van der Waals surface area contributed by atoms with Gasteiger partial charge in [0, 0.05) is 13.1 Å². The first kappa shape index (κ1) is 19.0. The predicted octanol–water partition coefficient (Wildman–Crippen LogP) is 4.23. The molecule has 1 N–H and O–H groups in total. The van der Waals surface area contributed by atoms with Crippen LogP contribution in [0.2, 0.25) is 0 Å². The van der Waals surface area contributed by atoms with Gasteiger partial charge in [-0.25, -0.2) is 4.39 Å². The van der Waals surface area contributed by atoms with Crippen molar-refractivity contribution < 1.29 is 18.7 Å². The van der Waals surface area contributed by atoms with Crippen molar-refractivity contribution in [2.75, 3.05) is 30.4 Å². The van der Waals surface area contributed by atoms with Crippen LogP contribution in [-0.4, -0.2) is 32.2 Å². The van der Waals surface area contributed by atoms with E-state index in [-0.39, 0.29) is 11.7 Å². The fourth-order valence-corrected chi connectivity index (χ4v) is 3.17. The summed E-state index contributed by atoms with van der Waals surface area (Å²) in [6, 6.07) is 11.5. The number of ether oxygens (including phenoxy) is 2. The van der Waals surface area contributed by atoms with Crippen LogP contribution in [0.5, 0.6) is 11.5 Å². The zero-order valence-electron chi connectivity index (χ0n) is 15.7. The standard InChI is InChI=1S/C21H25FN2O3/c1-15(27-18-9-7-17(26-2)8-10-18)21(25)23-19-14-16(22)6-11-20(19)24-12-4-3-5-13-24/h6-11,14-15H,3-5,12-13H2,1-2H3,(H,23,25). The topological polar surface area (TPSA) is 50.8 Å². The number of piperidine rings is 1. The molecular weight excluding hydrogens is 347 g/mol. The van der Waals surface area contributed by atoms with E-state index >= 15 is 0 Å². The molecule has 6 heteroatoms. The summed E-state index contributed by atoms with van der Waals surface area (Å²) in [5.74, 6) is 0.573. The molecule has 0 saturated carbocycles. The Bertz CT molecular complexity index is 773. The van der Waals surface area contributed by atoms with E-state index in [1.165, 1.54) is 18.6 Å². The van der Waals surface area contributed by atoms with Crippen molar-refractivity contribution in [3.8, 4) is 11.5 Å². The fraction of sp³-hybridized carbons (Fsp3) is 0.381. The summed E-state index contributed by atoms with van der Waals surface area (Å²) in [6.07, 6.45) is 2.67. The number of carbonyl (C=O) groups is 1. The summed E-state index contributed by atoms with van der Waals surface area (Å²) in [5, 5.41) is 2.82. The molecule has 1 saturated heterocycles. The smallest absolute Gasteiger partial charge is 0.265 e. The molecule has 1 aliphatic heterocycles. The third-order valence-electron chi connectivity index (χ3n) is 4.65. The van der Waals surface area contributed by atoms with Gasteiger partial charge in [0.15, 0.2) is 6.10 Å². The van der Waals surface area contributed by atoms with Gasteiger partial charge < -0.3 is 19.7 Å². The summed E-state index contributed by atoms with van der Waals surface area (Å²) >= 11 is 0. The third-order valence-corrected chi connectivity index (χ3v) is 4.65. The lowest BCUT2D eigenvalue weighted by Crippen LogP contribution is -2.33. The van der Waals surface area contributed by atoms with E-state index < -0.39 is 6.10 Å².